The molecule has 0 radical (unpaired) electrons. The van der Waals surface area contributed by atoms with E-state index in [1.54, 1.807) is 0 Å². The minimum Gasteiger partial charge on any atom is -0.489 e. The second-order valence-corrected chi connectivity index (χ2v) is 4.92. The van der Waals surface area contributed by atoms with Gasteiger partial charge in [-0.25, -0.2) is 0 Å². The van der Waals surface area contributed by atoms with Gasteiger partial charge in [-0.1, -0.05) is 12.1 Å². The first-order valence-electron chi connectivity index (χ1n) is 6.41. The van der Waals surface area contributed by atoms with Gasteiger partial charge in [0, 0.05) is 25.5 Å². The zero-order valence-electron chi connectivity index (χ0n) is 10.4. The Kier molecular flexibility index (Phi) is 5.26. The average Bonchev–Trinajstić information content (AvgIpc) is 2.85. The molecule has 1 aliphatic rings. The molecule has 1 aromatic rings. The Balaban J connectivity index is 1.79. The largest absolute Gasteiger partial charge is 0.489 e. The molecule has 2 nitrogen and oxygen atoms in total. The number of alkyl halides is 2. The van der Waals surface area contributed by atoms with Crippen molar-refractivity contribution in [3.05, 3.63) is 29.8 Å². The van der Waals surface area contributed by atoms with Crippen LogP contribution in [0.4, 0.5) is 4.39 Å². The van der Waals surface area contributed by atoms with E-state index in [0.29, 0.717) is 12.3 Å². The van der Waals surface area contributed by atoms with E-state index in [4.69, 9.17) is 16.3 Å². The molecule has 2 rings (SSSR count). The van der Waals surface area contributed by atoms with Crippen LogP contribution in [0.25, 0.3) is 0 Å². The molecule has 18 heavy (non-hydrogen) atoms. The zero-order chi connectivity index (χ0) is 12.8. The summed E-state index contributed by atoms with van der Waals surface area (Å²) in [6, 6.07) is 7.89. The Morgan fingerprint density at radius 2 is 2.11 bits per heavy atom. The van der Waals surface area contributed by atoms with Gasteiger partial charge in [0.1, 0.15) is 11.9 Å². The number of rotatable bonds is 6. The quantitative estimate of drug-likeness (QED) is 0.737. The third kappa shape index (κ3) is 3.85. The van der Waals surface area contributed by atoms with E-state index in [-0.39, 0.29) is 12.8 Å². The van der Waals surface area contributed by atoms with Gasteiger partial charge in [0.2, 0.25) is 0 Å². The van der Waals surface area contributed by atoms with Gasteiger partial charge in [-0.2, -0.15) is 0 Å². The molecule has 1 atom stereocenters. The Morgan fingerprint density at radius 3 is 2.78 bits per heavy atom. The van der Waals surface area contributed by atoms with Gasteiger partial charge in [-0.15, -0.1) is 11.6 Å². The van der Waals surface area contributed by atoms with Crippen molar-refractivity contribution in [2.24, 2.45) is 0 Å². The molecule has 1 heterocycles. The summed E-state index contributed by atoms with van der Waals surface area (Å²) < 4.78 is 18.0. The van der Waals surface area contributed by atoms with Crippen LogP contribution in [0.5, 0.6) is 5.75 Å². The molecule has 4 heteroatoms. The SMILES string of the molecule is FCCCN1CC[C@H](Oc2ccc(CCl)cc2)C1. The molecule has 0 aliphatic carbocycles. The van der Waals surface area contributed by atoms with Crippen LogP contribution in [-0.2, 0) is 5.88 Å². The van der Waals surface area contributed by atoms with Crippen LogP contribution < -0.4 is 4.74 Å². The molecule has 0 unspecified atom stereocenters. The van der Waals surface area contributed by atoms with E-state index in [1.807, 2.05) is 24.3 Å². The fraction of sp³-hybridized carbons (Fsp3) is 0.571. The average molecular weight is 272 g/mol. The van der Waals surface area contributed by atoms with Crippen molar-refractivity contribution in [2.45, 2.75) is 24.8 Å². The Bertz CT molecular complexity index is 357. The highest BCUT2D eigenvalue weighted by atomic mass is 35.5. The minimum absolute atomic E-state index is 0.228. The maximum Gasteiger partial charge on any atom is 0.119 e. The summed E-state index contributed by atoms with van der Waals surface area (Å²) in [6.07, 6.45) is 1.87. The van der Waals surface area contributed by atoms with Gasteiger partial charge in [0.15, 0.2) is 0 Å². The lowest BCUT2D eigenvalue weighted by atomic mass is 10.2. The van der Waals surface area contributed by atoms with Crippen LogP contribution in [0, 0.1) is 0 Å². The highest BCUT2D eigenvalue weighted by molar-refractivity contribution is 6.17. The zero-order valence-corrected chi connectivity index (χ0v) is 11.2. The highest BCUT2D eigenvalue weighted by Gasteiger charge is 2.23. The molecule has 0 bridgehead atoms. The maximum atomic E-state index is 12.1. The van der Waals surface area contributed by atoms with Crippen molar-refractivity contribution in [2.75, 3.05) is 26.3 Å². The minimum atomic E-state index is -0.234. The summed E-state index contributed by atoms with van der Waals surface area (Å²) in [5.74, 6) is 1.42. The van der Waals surface area contributed by atoms with Crippen LogP contribution in [-0.4, -0.2) is 37.3 Å². The number of benzene rings is 1. The topological polar surface area (TPSA) is 12.5 Å². The first-order chi connectivity index (χ1) is 8.81. The summed E-state index contributed by atoms with van der Waals surface area (Å²) in [7, 11) is 0. The molecule has 100 valence electrons. The van der Waals surface area contributed by atoms with Gasteiger partial charge in [-0.05, 0) is 30.5 Å². The van der Waals surface area contributed by atoms with Crippen molar-refractivity contribution < 1.29 is 9.13 Å². The van der Waals surface area contributed by atoms with E-state index in [0.717, 1.165) is 37.4 Å². The van der Waals surface area contributed by atoms with E-state index in [2.05, 4.69) is 4.90 Å². The van der Waals surface area contributed by atoms with Crippen molar-refractivity contribution in [3.63, 3.8) is 0 Å². The molecule has 1 fully saturated rings. The Labute approximate surface area is 113 Å². The first kappa shape index (κ1) is 13.6. The number of halogens is 2. The number of hydrogen-bond donors (Lipinski definition) is 0. The van der Waals surface area contributed by atoms with Crippen LogP contribution in [0.2, 0.25) is 0 Å². The van der Waals surface area contributed by atoms with Crippen molar-refractivity contribution >= 4 is 11.6 Å². The number of hydrogen-bond acceptors (Lipinski definition) is 2. The van der Waals surface area contributed by atoms with E-state index in [1.165, 1.54) is 0 Å². The molecule has 0 aromatic heterocycles. The normalized spacial score (nSPS) is 20.2. The fourth-order valence-corrected chi connectivity index (χ4v) is 2.41. The number of likely N-dealkylation sites (tertiary alicyclic amines) is 1. The summed E-state index contributed by atoms with van der Waals surface area (Å²) in [5.41, 5.74) is 1.10. The maximum absolute atomic E-state index is 12.1. The predicted octanol–water partition coefficient (Wildman–Crippen LogP) is 3.24. The predicted molar refractivity (Wildman–Crippen MR) is 72.1 cm³/mol. The van der Waals surface area contributed by atoms with Gasteiger partial charge in [0.25, 0.3) is 0 Å². The molecule has 0 spiro atoms. The van der Waals surface area contributed by atoms with Gasteiger partial charge >= 0.3 is 0 Å². The lowest BCUT2D eigenvalue weighted by Gasteiger charge is -2.16. The summed E-state index contributed by atoms with van der Waals surface area (Å²) in [5, 5.41) is 0. The lowest BCUT2D eigenvalue weighted by molar-refractivity contribution is 0.198. The van der Waals surface area contributed by atoms with Crippen molar-refractivity contribution in [3.8, 4) is 5.75 Å². The monoisotopic (exact) mass is 271 g/mol. The van der Waals surface area contributed by atoms with Crippen molar-refractivity contribution in [1.29, 1.82) is 0 Å². The van der Waals surface area contributed by atoms with Crippen LogP contribution >= 0.6 is 11.6 Å². The fourth-order valence-electron chi connectivity index (χ4n) is 2.23. The van der Waals surface area contributed by atoms with Crippen LogP contribution in [0.15, 0.2) is 24.3 Å². The van der Waals surface area contributed by atoms with Crippen molar-refractivity contribution in [1.82, 2.24) is 4.90 Å². The molecule has 0 N–H and O–H groups in total. The van der Waals surface area contributed by atoms with Gasteiger partial charge in [-0.3, -0.25) is 9.29 Å². The third-order valence-electron chi connectivity index (χ3n) is 3.22. The summed E-state index contributed by atoms with van der Waals surface area (Å²) in [4.78, 5) is 2.26. The van der Waals surface area contributed by atoms with E-state index < -0.39 is 0 Å². The molecule has 0 saturated carbocycles. The Hall–Kier alpha value is -0.800. The van der Waals surface area contributed by atoms with Crippen LogP contribution in [0.3, 0.4) is 0 Å². The van der Waals surface area contributed by atoms with Crippen LogP contribution in [0.1, 0.15) is 18.4 Å². The molecule has 1 saturated heterocycles. The molecular formula is C14H19ClFNO. The lowest BCUT2D eigenvalue weighted by Crippen LogP contribution is -2.26. The first-order valence-corrected chi connectivity index (χ1v) is 6.95. The second kappa shape index (κ2) is 6.95. The smallest absolute Gasteiger partial charge is 0.119 e. The molecular weight excluding hydrogens is 253 g/mol. The molecule has 0 amide bonds. The summed E-state index contributed by atoms with van der Waals surface area (Å²) >= 11 is 5.74. The Morgan fingerprint density at radius 1 is 1.33 bits per heavy atom. The second-order valence-electron chi connectivity index (χ2n) is 4.65. The standard InChI is InChI=1S/C14H19ClFNO/c15-10-12-2-4-13(5-3-12)18-14-6-9-17(11-14)8-1-7-16/h2-5,14H,1,6-11H2/t14-/m0/s1. The van der Waals surface area contributed by atoms with E-state index >= 15 is 0 Å². The van der Waals surface area contributed by atoms with E-state index in [9.17, 15) is 4.39 Å². The van der Waals surface area contributed by atoms with Gasteiger partial charge < -0.3 is 4.74 Å². The third-order valence-corrected chi connectivity index (χ3v) is 3.53. The summed E-state index contributed by atoms with van der Waals surface area (Å²) in [6.45, 7) is 2.51. The molecule has 1 aliphatic heterocycles. The molecule has 1 aromatic carbocycles. The van der Waals surface area contributed by atoms with Gasteiger partial charge in [0.05, 0.1) is 6.67 Å². The number of ether oxygens (including phenoxy) is 1. The highest BCUT2D eigenvalue weighted by Crippen LogP contribution is 2.19. The number of nitrogens with zero attached hydrogens (tertiary/aromatic N) is 1.